The van der Waals surface area contributed by atoms with Crippen LogP contribution in [0.15, 0.2) is 30.4 Å². The van der Waals surface area contributed by atoms with Crippen molar-refractivity contribution < 1.29 is 9.59 Å². The molecule has 0 amide bonds. The molecule has 0 N–H and O–H groups in total. The Hall–Kier alpha value is -1.70. The van der Waals surface area contributed by atoms with Crippen molar-refractivity contribution in [3.8, 4) is 0 Å². The quantitative estimate of drug-likeness (QED) is 0.788. The molecular formula is C19H20O2. The highest BCUT2D eigenvalue weighted by Crippen LogP contribution is 2.53. The van der Waals surface area contributed by atoms with Crippen molar-refractivity contribution in [1.82, 2.24) is 0 Å². The second-order valence-corrected chi connectivity index (χ2v) is 6.67. The number of unbranched alkanes of at least 4 members (excludes halogenated alkanes) is 1. The van der Waals surface area contributed by atoms with Gasteiger partial charge < -0.3 is 0 Å². The van der Waals surface area contributed by atoms with Crippen molar-refractivity contribution in [2.24, 2.45) is 23.7 Å². The Bertz CT molecular complexity index is 656. The van der Waals surface area contributed by atoms with Crippen molar-refractivity contribution in [1.29, 1.82) is 0 Å². The van der Waals surface area contributed by atoms with E-state index in [4.69, 9.17) is 0 Å². The summed E-state index contributed by atoms with van der Waals surface area (Å²) in [6.07, 6.45) is 8.38. The average molecular weight is 280 g/mol. The van der Waals surface area contributed by atoms with Gasteiger partial charge in [-0.2, -0.15) is 0 Å². The van der Waals surface area contributed by atoms with Crippen LogP contribution in [0.3, 0.4) is 0 Å². The van der Waals surface area contributed by atoms with E-state index in [1.54, 1.807) is 0 Å². The van der Waals surface area contributed by atoms with Gasteiger partial charge in [0.15, 0.2) is 11.6 Å². The van der Waals surface area contributed by atoms with E-state index < -0.39 is 0 Å². The molecule has 0 spiro atoms. The van der Waals surface area contributed by atoms with Crippen LogP contribution in [0.25, 0.3) is 0 Å². The first-order chi connectivity index (χ1) is 10.2. The summed E-state index contributed by atoms with van der Waals surface area (Å²) in [6.45, 7) is 2.15. The zero-order valence-corrected chi connectivity index (χ0v) is 12.3. The molecule has 4 atom stereocenters. The van der Waals surface area contributed by atoms with Gasteiger partial charge in [-0.25, -0.2) is 0 Å². The number of aryl methyl sites for hydroxylation is 1. The molecule has 1 fully saturated rings. The number of fused-ring (bicyclic) bond motifs is 6. The van der Waals surface area contributed by atoms with Gasteiger partial charge in [-0.05, 0) is 36.7 Å². The lowest BCUT2D eigenvalue weighted by Crippen LogP contribution is -2.39. The third-order valence-corrected chi connectivity index (χ3v) is 5.53. The second kappa shape index (κ2) is 4.66. The van der Waals surface area contributed by atoms with Crippen molar-refractivity contribution in [2.45, 2.75) is 32.6 Å². The Morgan fingerprint density at radius 3 is 2.48 bits per heavy atom. The van der Waals surface area contributed by atoms with Crippen molar-refractivity contribution in [2.75, 3.05) is 0 Å². The molecular weight excluding hydrogens is 260 g/mol. The Balaban J connectivity index is 1.82. The Morgan fingerprint density at radius 1 is 1.05 bits per heavy atom. The largest absolute Gasteiger partial charge is 0.294 e. The van der Waals surface area contributed by atoms with E-state index in [0.29, 0.717) is 17.4 Å². The van der Waals surface area contributed by atoms with Crippen molar-refractivity contribution >= 4 is 11.6 Å². The van der Waals surface area contributed by atoms with Crippen LogP contribution < -0.4 is 0 Å². The summed E-state index contributed by atoms with van der Waals surface area (Å²) in [5.74, 6) is 0.875. The molecule has 4 unspecified atom stereocenters. The predicted octanol–water partition coefficient (Wildman–Crippen LogP) is 3.85. The molecule has 108 valence electrons. The maximum atomic E-state index is 13.0. The fourth-order valence-corrected chi connectivity index (χ4v) is 4.56. The maximum Gasteiger partial charge on any atom is 0.168 e. The summed E-state index contributed by atoms with van der Waals surface area (Å²) in [5.41, 5.74) is 2.52. The van der Waals surface area contributed by atoms with Gasteiger partial charge in [0.1, 0.15) is 0 Å². The number of ketones is 2. The van der Waals surface area contributed by atoms with Gasteiger partial charge in [0, 0.05) is 23.0 Å². The summed E-state index contributed by atoms with van der Waals surface area (Å²) in [5, 5.41) is 0. The smallest absolute Gasteiger partial charge is 0.168 e. The normalized spacial score (nSPS) is 32.4. The predicted molar refractivity (Wildman–Crippen MR) is 81.4 cm³/mol. The van der Waals surface area contributed by atoms with Gasteiger partial charge in [0.05, 0.1) is 0 Å². The molecule has 1 aromatic carbocycles. The monoisotopic (exact) mass is 280 g/mol. The highest BCUT2D eigenvalue weighted by molar-refractivity contribution is 6.17. The topological polar surface area (TPSA) is 34.1 Å². The van der Waals surface area contributed by atoms with E-state index >= 15 is 0 Å². The lowest BCUT2D eigenvalue weighted by molar-refractivity contribution is 0.0719. The van der Waals surface area contributed by atoms with Gasteiger partial charge in [-0.1, -0.05) is 43.7 Å². The van der Waals surface area contributed by atoms with Crippen LogP contribution in [0.2, 0.25) is 0 Å². The van der Waals surface area contributed by atoms with E-state index in [2.05, 4.69) is 19.1 Å². The zero-order valence-electron chi connectivity index (χ0n) is 12.3. The number of carbonyl (C=O) groups is 2. The van der Waals surface area contributed by atoms with Gasteiger partial charge in [-0.3, -0.25) is 9.59 Å². The van der Waals surface area contributed by atoms with Crippen LogP contribution in [0, 0.1) is 23.7 Å². The highest BCUT2D eigenvalue weighted by Gasteiger charge is 2.54. The number of allylic oxidation sites excluding steroid dienone is 2. The maximum absolute atomic E-state index is 13.0. The Kier molecular flexibility index (Phi) is 2.88. The second-order valence-electron chi connectivity index (χ2n) is 6.67. The van der Waals surface area contributed by atoms with E-state index in [9.17, 15) is 9.59 Å². The lowest BCUT2D eigenvalue weighted by Gasteiger charge is -2.32. The first kappa shape index (κ1) is 13.0. The van der Waals surface area contributed by atoms with Crippen LogP contribution >= 0.6 is 0 Å². The molecule has 3 aliphatic carbocycles. The standard InChI is InChI=1S/C19H20O2/c1-2-3-5-11-6-4-7-14-15(11)19(21)17-13-9-8-12(10-13)16(17)18(14)20/h4,6-9,12-13,16-17H,2-3,5,10H2,1H3. The van der Waals surface area contributed by atoms with Crippen molar-refractivity contribution in [3.63, 3.8) is 0 Å². The minimum Gasteiger partial charge on any atom is -0.294 e. The molecule has 2 nitrogen and oxygen atoms in total. The molecule has 3 aliphatic rings. The first-order valence-corrected chi connectivity index (χ1v) is 8.11. The highest BCUT2D eigenvalue weighted by atomic mass is 16.1. The molecule has 2 bridgehead atoms. The van der Waals surface area contributed by atoms with E-state index in [1.165, 1.54) is 0 Å². The summed E-state index contributed by atoms with van der Waals surface area (Å²) >= 11 is 0. The van der Waals surface area contributed by atoms with Crippen LogP contribution in [0.1, 0.15) is 52.5 Å². The fourth-order valence-electron chi connectivity index (χ4n) is 4.56. The minimum absolute atomic E-state index is 0.0808. The SMILES string of the molecule is CCCCc1cccc2c1C(=O)C1C3C=CC(C3)C1C2=O. The summed E-state index contributed by atoms with van der Waals surface area (Å²) in [4.78, 5) is 25.9. The Morgan fingerprint density at radius 2 is 1.76 bits per heavy atom. The summed E-state index contributed by atoms with van der Waals surface area (Å²) < 4.78 is 0. The molecule has 21 heavy (non-hydrogen) atoms. The van der Waals surface area contributed by atoms with Crippen LogP contribution in [0.5, 0.6) is 0 Å². The molecule has 2 heteroatoms. The number of Topliss-reactive ketones (excluding diaryl/α,β-unsaturated/α-hetero) is 2. The van der Waals surface area contributed by atoms with Crippen molar-refractivity contribution in [3.05, 3.63) is 47.0 Å². The van der Waals surface area contributed by atoms with E-state index in [1.807, 2.05) is 18.2 Å². The molecule has 1 saturated carbocycles. The van der Waals surface area contributed by atoms with Gasteiger partial charge >= 0.3 is 0 Å². The van der Waals surface area contributed by atoms with E-state index in [0.717, 1.165) is 36.8 Å². The Labute approximate surface area is 125 Å². The lowest BCUT2D eigenvalue weighted by atomic mass is 9.68. The molecule has 0 aromatic heterocycles. The molecule has 0 radical (unpaired) electrons. The van der Waals surface area contributed by atoms with Crippen LogP contribution in [0.4, 0.5) is 0 Å². The summed E-state index contributed by atoms with van der Waals surface area (Å²) in [7, 11) is 0. The third kappa shape index (κ3) is 1.71. The van der Waals surface area contributed by atoms with Gasteiger partial charge in [0.25, 0.3) is 0 Å². The van der Waals surface area contributed by atoms with E-state index in [-0.39, 0.29) is 23.4 Å². The third-order valence-electron chi connectivity index (χ3n) is 5.53. The van der Waals surface area contributed by atoms with Crippen LogP contribution in [-0.2, 0) is 6.42 Å². The number of carbonyl (C=O) groups excluding carboxylic acids is 2. The molecule has 4 rings (SSSR count). The average Bonchev–Trinajstić information content (AvgIpc) is 3.11. The molecule has 0 heterocycles. The number of rotatable bonds is 3. The minimum atomic E-state index is -0.0820. The zero-order chi connectivity index (χ0) is 14.6. The number of hydrogen-bond donors (Lipinski definition) is 0. The first-order valence-electron chi connectivity index (χ1n) is 8.11. The molecule has 0 saturated heterocycles. The molecule has 0 aliphatic heterocycles. The fraction of sp³-hybridized carbons (Fsp3) is 0.474. The molecule has 1 aromatic rings. The summed E-state index contributed by atoms with van der Waals surface area (Å²) in [6, 6.07) is 5.83. The number of hydrogen-bond acceptors (Lipinski definition) is 2. The van der Waals surface area contributed by atoms with Crippen LogP contribution in [-0.4, -0.2) is 11.6 Å². The van der Waals surface area contributed by atoms with Gasteiger partial charge in [0.2, 0.25) is 0 Å². The van der Waals surface area contributed by atoms with Gasteiger partial charge in [-0.15, -0.1) is 0 Å². The number of benzene rings is 1.